The van der Waals surface area contributed by atoms with Gasteiger partial charge in [-0.25, -0.2) is 0 Å². The molecule has 0 fully saturated rings. The van der Waals surface area contributed by atoms with E-state index < -0.39 is 19.4 Å². The summed E-state index contributed by atoms with van der Waals surface area (Å²) >= 11 is 38.7. The SMILES string of the molecule is COc1cc2c(cc1OC)C(C(Cl)(Cl)Cl)c1cc(OC)c(OC)cc1C2C(Cl)(Cl)Cl. The van der Waals surface area contributed by atoms with Gasteiger partial charge in [-0.05, 0) is 46.5 Å². The van der Waals surface area contributed by atoms with Crippen molar-refractivity contribution in [2.24, 2.45) is 0 Å². The molecule has 30 heavy (non-hydrogen) atoms. The summed E-state index contributed by atoms with van der Waals surface area (Å²) in [4.78, 5) is 0. The maximum atomic E-state index is 6.46. The fourth-order valence-corrected chi connectivity index (χ4v) is 5.27. The third kappa shape index (κ3) is 4.20. The van der Waals surface area contributed by atoms with Crippen LogP contribution in [-0.2, 0) is 0 Å². The van der Waals surface area contributed by atoms with Crippen LogP contribution in [0.1, 0.15) is 34.1 Å². The van der Waals surface area contributed by atoms with Crippen LogP contribution in [0.15, 0.2) is 24.3 Å². The molecule has 0 aromatic heterocycles. The summed E-state index contributed by atoms with van der Waals surface area (Å²) in [5, 5.41) is 0. The Morgan fingerprint density at radius 3 is 0.833 bits per heavy atom. The van der Waals surface area contributed by atoms with Crippen LogP contribution in [0.4, 0.5) is 0 Å². The summed E-state index contributed by atoms with van der Waals surface area (Å²) in [7, 11) is 6.08. The van der Waals surface area contributed by atoms with Gasteiger partial charge in [-0.3, -0.25) is 0 Å². The molecule has 2 aromatic rings. The van der Waals surface area contributed by atoms with Crippen molar-refractivity contribution in [3.63, 3.8) is 0 Å². The lowest BCUT2D eigenvalue weighted by molar-refractivity contribution is 0.351. The molecule has 0 N–H and O–H groups in total. The highest BCUT2D eigenvalue weighted by Crippen LogP contribution is 2.60. The Hall–Kier alpha value is -0.620. The molecule has 3 rings (SSSR count). The molecular formula is C20H18Cl6O4. The second-order valence-electron chi connectivity index (χ2n) is 6.62. The second kappa shape index (κ2) is 8.73. The van der Waals surface area contributed by atoms with E-state index in [-0.39, 0.29) is 0 Å². The quantitative estimate of drug-likeness (QED) is 0.394. The number of hydrogen-bond donors (Lipinski definition) is 0. The largest absolute Gasteiger partial charge is 0.493 e. The molecule has 1 aliphatic rings. The predicted molar refractivity (Wildman–Crippen MR) is 123 cm³/mol. The minimum absolute atomic E-state index is 0.461. The molecule has 164 valence electrons. The van der Waals surface area contributed by atoms with E-state index in [1.807, 2.05) is 0 Å². The summed E-state index contributed by atoms with van der Waals surface area (Å²) in [6.07, 6.45) is 0. The first-order valence-corrected chi connectivity index (χ1v) is 10.9. The van der Waals surface area contributed by atoms with Crippen molar-refractivity contribution < 1.29 is 18.9 Å². The first kappa shape index (κ1) is 24.0. The second-order valence-corrected chi connectivity index (χ2v) is 11.4. The summed E-state index contributed by atoms with van der Waals surface area (Å²) in [6, 6.07) is 6.96. The van der Waals surface area contributed by atoms with Crippen LogP contribution in [0.25, 0.3) is 0 Å². The molecule has 10 heteroatoms. The molecule has 0 bridgehead atoms. The summed E-state index contributed by atoms with van der Waals surface area (Å²) in [5.41, 5.74) is 2.57. The standard InChI is InChI=1S/C20H18Cl6O4/c1-27-13-5-9-10(6-14(13)28-2)18(20(24,25)26)12-8-16(30-4)15(29-3)7-11(12)17(9)19(21,22)23/h5-8,17-18H,1-4H3. The molecular weight excluding hydrogens is 517 g/mol. The van der Waals surface area contributed by atoms with Crippen LogP contribution < -0.4 is 18.9 Å². The minimum atomic E-state index is -1.72. The number of hydrogen-bond acceptors (Lipinski definition) is 4. The number of fused-ring (bicyclic) bond motifs is 2. The summed E-state index contributed by atoms with van der Waals surface area (Å²) in [6.45, 7) is 0. The van der Waals surface area contributed by atoms with E-state index in [2.05, 4.69) is 0 Å². The maximum Gasteiger partial charge on any atom is 0.201 e. The van der Waals surface area contributed by atoms with Gasteiger partial charge in [0, 0.05) is 0 Å². The minimum Gasteiger partial charge on any atom is -0.493 e. The number of halogens is 6. The van der Waals surface area contributed by atoms with Crippen molar-refractivity contribution >= 4 is 69.6 Å². The fourth-order valence-electron chi connectivity index (χ4n) is 3.86. The topological polar surface area (TPSA) is 36.9 Å². The van der Waals surface area contributed by atoms with Crippen molar-refractivity contribution in [2.75, 3.05) is 28.4 Å². The highest BCUT2D eigenvalue weighted by molar-refractivity contribution is 6.69. The predicted octanol–water partition coefficient (Wildman–Crippen LogP) is 7.04. The number of ether oxygens (including phenoxy) is 4. The van der Waals surface area contributed by atoms with Gasteiger partial charge in [0.25, 0.3) is 0 Å². The third-order valence-corrected chi connectivity index (χ3v) is 6.39. The van der Waals surface area contributed by atoms with Crippen molar-refractivity contribution in [1.29, 1.82) is 0 Å². The Labute approximate surface area is 205 Å². The van der Waals surface area contributed by atoms with E-state index in [1.165, 1.54) is 28.4 Å². The Bertz CT molecular complexity index is 812. The summed E-state index contributed by atoms with van der Waals surface area (Å²) < 4.78 is 18.4. The van der Waals surface area contributed by atoms with E-state index in [1.54, 1.807) is 24.3 Å². The van der Waals surface area contributed by atoms with Crippen LogP contribution in [0.3, 0.4) is 0 Å². The lowest BCUT2D eigenvalue weighted by Gasteiger charge is -2.40. The fraction of sp³-hybridized carbons (Fsp3) is 0.400. The highest BCUT2D eigenvalue weighted by Gasteiger charge is 2.49. The van der Waals surface area contributed by atoms with E-state index in [4.69, 9.17) is 88.6 Å². The molecule has 0 radical (unpaired) electrons. The van der Waals surface area contributed by atoms with Crippen molar-refractivity contribution in [2.45, 2.75) is 19.4 Å². The maximum absolute atomic E-state index is 6.46. The van der Waals surface area contributed by atoms with E-state index in [9.17, 15) is 0 Å². The highest BCUT2D eigenvalue weighted by atomic mass is 35.6. The number of benzene rings is 2. The molecule has 0 aliphatic heterocycles. The van der Waals surface area contributed by atoms with E-state index >= 15 is 0 Å². The summed E-state index contributed by atoms with van der Waals surface area (Å²) in [5.74, 6) is 0.446. The van der Waals surface area contributed by atoms with Crippen LogP contribution in [-0.4, -0.2) is 36.0 Å². The Morgan fingerprint density at radius 2 is 0.700 bits per heavy atom. The Morgan fingerprint density at radius 1 is 0.500 bits per heavy atom. The van der Waals surface area contributed by atoms with Crippen molar-refractivity contribution in [1.82, 2.24) is 0 Å². The van der Waals surface area contributed by atoms with Crippen molar-refractivity contribution in [3.05, 3.63) is 46.5 Å². The first-order valence-electron chi connectivity index (χ1n) is 8.62. The lowest BCUT2D eigenvalue weighted by atomic mass is 9.73. The Balaban J connectivity index is 2.45. The molecule has 0 heterocycles. The normalized spacial score (nSPS) is 18.3. The number of rotatable bonds is 4. The molecule has 1 aliphatic carbocycles. The zero-order valence-electron chi connectivity index (χ0n) is 16.4. The van der Waals surface area contributed by atoms with Crippen LogP contribution in [0, 0.1) is 0 Å². The van der Waals surface area contributed by atoms with Gasteiger partial charge in [0.15, 0.2) is 23.0 Å². The molecule has 2 aromatic carbocycles. The van der Waals surface area contributed by atoms with E-state index in [0.29, 0.717) is 45.3 Å². The van der Waals surface area contributed by atoms with Crippen molar-refractivity contribution in [3.8, 4) is 23.0 Å². The van der Waals surface area contributed by atoms with Gasteiger partial charge in [0.1, 0.15) is 0 Å². The van der Waals surface area contributed by atoms with Crippen LogP contribution in [0.5, 0.6) is 23.0 Å². The molecule has 0 spiro atoms. The zero-order valence-corrected chi connectivity index (χ0v) is 20.9. The Kier molecular flexibility index (Phi) is 6.99. The zero-order chi connectivity index (χ0) is 22.4. The average molecular weight is 535 g/mol. The van der Waals surface area contributed by atoms with Gasteiger partial charge < -0.3 is 18.9 Å². The molecule has 0 atom stereocenters. The molecule has 0 saturated carbocycles. The third-order valence-electron chi connectivity index (χ3n) is 5.08. The van der Waals surface area contributed by atoms with Crippen LogP contribution in [0.2, 0.25) is 0 Å². The molecule has 0 saturated heterocycles. The smallest absolute Gasteiger partial charge is 0.201 e. The van der Waals surface area contributed by atoms with Gasteiger partial charge in [-0.15, -0.1) is 0 Å². The lowest BCUT2D eigenvalue weighted by Crippen LogP contribution is -2.32. The average Bonchev–Trinajstić information content (AvgIpc) is 2.67. The molecule has 0 unspecified atom stereocenters. The van der Waals surface area contributed by atoms with Gasteiger partial charge in [-0.2, -0.15) is 0 Å². The van der Waals surface area contributed by atoms with Gasteiger partial charge in [0.05, 0.1) is 40.3 Å². The molecule has 0 amide bonds. The molecule has 4 nitrogen and oxygen atoms in total. The van der Waals surface area contributed by atoms with Gasteiger partial charge in [-0.1, -0.05) is 69.6 Å². The first-order chi connectivity index (χ1) is 14.0. The number of methoxy groups -OCH3 is 4. The van der Waals surface area contributed by atoms with Crippen LogP contribution >= 0.6 is 69.6 Å². The number of alkyl halides is 6. The van der Waals surface area contributed by atoms with Gasteiger partial charge >= 0.3 is 0 Å². The monoisotopic (exact) mass is 532 g/mol. The van der Waals surface area contributed by atoms with E-state index in [0.717, 1.165) is 0 Å². The van der Waals surface area contributed by atoms with Gasteiger partial charge in [0.2, 0.25) is 7.59 Å².